The number of anilines is 3. The van der Waals surface area contributed by atoms with Gasteiger partial charge >= 0.3 is 17.1 Å². The number of hydrogen-bond acceptors (Lipinski definition) is 42. The van der Waals surface area contributed by atoms with E-state index in [2.05, 4.69) is 46.9 Å². The van der Waals surface area contributed by atoms with Crippen LogP contribution in [-0.2, 0) is 159 Å². The topological polar surface area (TPSA) is 538 Å². The second-order valence-electron chi connectivity index (χ2n) is 28.4. The molecule has 3 aromatic heterocycles. The van der Waals surface area contributed by atoms with Crippen molar-refractivity contribution >= 4 is 35.2 Å². The van der Waals surface area contributed by atoms with Crippen LogP contribution in [0.2, 0.25) is 0 Å². The van der Waals surface area contributed by atoms with Crippen molar-refractivity contribution in [1.82, 2.24) is 45.1 Å². The predicted molar refractivity (Wildman–Crippen MR) is 402 cm³/mol. The van der Waals surface area contributed by atoms with E-state index in [1.54, 1.807) is 0 Å². The molecule has 30 atom stereocenters. The molecule has 22 saturated heterocycles. The summed E-state index contributed by atoms with van der Waals surface area (Å²) in [6.45, 7) is -1.67. The van der Waals surface area contributed by atoms with Crippen LogP contribution in [0, 0.1) is 0 Å². The van der Waals surface area contributed by atoms with Crippen LogP contribution in [0.1, 0.15) is 19.3 Å². The first-order chi connectivity index (χ1) is 58.0. The van der Waals surface area contributed by atoms with E-state index < -0.39 is 219 Å². The molecule has 22 aliphatic rings. The van der Waals surface area contributed by atoms with E-state index in [1.807, 2.05) is 0 Å². The molecule has 30 unspecified atom stereocenters. The summed E-state index contributed by atoms with van der Waals surface area (Å²) < 4.78 is 179. The number of aromatic nitrogens is 6. The number of rotatable bonds is 36. The molecule has 22 aliphatic heterocycles. The van der Waals surface area contributed by atoms with Crippen molar-refractivity contribution in [3.05, 3.63) is 68.2 Å². The molecule has 48 nitrogen and oxygen atoms in total. The van der Waals surface area contributed by atoms with Gasteiger partial charge in [0.25, 0.3) is 0 Å². The Morgan fingerprint density at radius 3 is 0.686 bits per heavy atom. The summed E-state index contributed by atoms with van der Waals surface area (Å²) in [5, 5.41) is 46.7. The van der Waals surface area contributed by atoms with Gasteiger partial charge in [0.1, 0.15) is 164 Å². The maximum Gasteiger partial charge on any atom is 0.382 e. The van der Waals surface area contributed by atoms with E-state index in [4.69, 9.17) is 128 Å². The van der Waals surface area contributed by atoms with Gasteiger partial charge in [-0.2, -0.15) is 15.0 Å². The fourth-order valence-corrected chi connectivity index (χ4v) is 15.6. The number of hydrogen-bond donors (Lipinski definition) is 9. The molecule has 686 valence electrons. The summed E-state index contributed by atoms with van der Waals surface area (Å²) in [5.41, 5.74) is -2.86. The van der Waals surface area contributed by atoms with E-state index in [1.165, 1.54) is 125 Å². The Morgan fingerprint density at radius 1 is 0.314 bits per heavy atom. The van der Waals surface area contributed by atoms with Gasteiger partial charge in [0, 0.05) is 200 Å². The maximum atomic E-state index is 14.1. The smallest absolute Gasteiger partial charge is 0.382 e. The summed E-state index contributed by atoms with van der Waals surface area (Å²) in [4.78, 5) is 90.0. The number of carbonyl (C=O) groups is 3. The molecular formula is C72H114FeN12O36. The standard InChI is InChI=1S/C72H114N12O36.Fe/c1-94-31-37-49-55(100-7)61(106-13)67(112-37)115-46-34(28-76-43(85)16-22-73-40-19-25-82(91)70(88)79-40)110-65(59(104-11)52(46)97-4)119-50-38(32-95-2)114-69(63(108-15)56(50)101-8)117-48-36(30-78-45(87)18-24-75-42-21-27-84(93)72(90)81-42)111-66(60(105-12)54(48)99-6)120-51-39(33-96-3)113-68(62(107-14)57(51)102-9)116-47-35(109-64(118-49)58(103-10)53(47)98-5)29-77-44(86)17-23-74-41-20-26-83(92)71(89)80-41;/h19-21,25-27,34-39,46-69,91-93H,16-18,22-24,28-33H2,1-15H3,(H,76,85)(H,77,86)(H,78,87)(H,73,79,88)(H,74,80,89)(H,75,81,90);. The summed E-state index contributed by atoms with van der Waals surface area (Å²) in [5.74, 6) is -1.30. The van der Waals surface area contributed by atoms with Crippen molar-refractivity contribution in [3.63, 3.8) is 0 Å². The zero-order chi connectivity index (χ0) is 86.4. The van der Waals surface area contributed by atoms with Gasteiger partial charge in [0.2, 0.25) is 17.7 Å². The molecule has 3 aromatic rings. The van der Waals surface area contributed by atoms with E-state index in [0.29, 0.717) is 14.2 Å². The Morgan fingerprint density at radius 2 is 0.504 bits per heavy atom. The Hall–Kier alpha value is -6.71. The fraction of sp³-hybridized carbons (Fsp3) is 0.792. The van der Waals surface area contributed by atoms with Crippen LogP contribution in [0.25, 0.3) is 0 Å². The van der Waals surface area contributed by atoms with E-state index in [-0.39, 0.29) is 113 Å². The van der Waals surface area contributed by atoms with Crippen LogP contribution in [0.4, 0.5) is 17.5 Å². The third-order valence-electron chi connectivity index (χ3n) is 21.4. The van der Waals surface area contributed by atoms with Gasteiger partial charge in [-0.1, -0.05) is 0 Å². The summed E-state index contributed by atoms with van der Waals surface area (Å²) in [7, 11) is 21.1. The van der Waals surface area contributed by atoms with Crippen molar-refractivity contribution < 1.29 is 175 Å². The van der Waals surface area contributed by atoms with Gasteiger partial charge in [-0.05, 0) is 0 Å². The molecule has 0 radical (unpaired) electrons. The average molecular weight is 1780 g/mol. The van der Waals surface area contributed by atoms with Crippen LogP contribution < -0.4 is 49.0 Å². The SMILES string of the molecule is COCC1OC2OC3C(CNC(=O)CCNc4ccn(O)c(=O)n4)OC(OC4C(COC)OC(OC5C(CNC(=O)CCNc6ccn(O)c(=O)n6)OC(OC6C(COC)OC(OC7C(CNC(=O)CCNc8ccn(O)c(=O)n8)OC(OC1C(OC)C2OC)C(OC)C7OC)C(OC)C6OC)C(OC)C5OC)C(OC)C4OC)C(OC)C3OC.[Fe]. The number of ether oxygens (including phenoxy) is 27. The van der Waals surface area contributed by atoms with E-state index in [9.17, 15) is 44.4 Å². The summed E-state index contributed by atoms with van der Waals surface area (Å²) >= 11 is 0. The van der Waals surface area contributed by atoms with Gasteiger partial charge in [-0.3, -0.25) is 14.4 Å². The van der Waals surface area contributed by atoms with Crippen LogP contribution >= 0.6 is 0 Å². The Balaban J connectivity index is 0.0000166. The molecule has 22 fully saturated rings. The monoisotopic (exact) mass is 1780 g/mol. The second kappa shape index (κ2) is 47.6. The zero-order valence-corrected chi connectivity index (χ0v) is 70.7. The first-order valence-corrected chi connectivity index (χ1v) is 38.6. The van der Waals surface area contributed by atoms with Crippen molar-refractivity contribution in [2.75, 3.05) is 182 Å². The van der Waals surface area contributed by atoms with E-state index >= 15 is 0 Å². The van der Waals surface area contributed by atoms with Gasteiger partial charge < -0.3 is 175 Å². The first kappa shape index (κ1) is 98.1. The molecule has 0 saturated carbocycles. The molecule has 121 heavy (non-hydrogen) atoms. The van der Waals surface area contributed by atoms with Crippen molar-refractivity contribution in [2.45, 2.75) is 203 Å². The first-order valence-electron chi connectivity index (χ1n) is 38.6. The Kier molecular flexibility index (Phi) is 38.6. The molecule has 0 aromatic carbocycles. The third-order valence-corrected chi connectivity index (χ3v) is 21.4. The minimum Gasteiger partial charge on any atom is -0.424 e. The molecule has 12 bridgehead atoms. The Bertz CT molecular complexity index is 3480. The van der Waals surface area contributed by atoms with Gasteiger partial charge in [-0.25, -0.2) is 14.4 Å². The van der Waals surface area contributed by atoms with Crippen LogP contribution in [-0.4, -0.2) is 412 Å². The maximum absolute atomic E-state index is 14.1. The number of methoxy groups -OCH3 is 15. The van der Waals surface area contributed by atoms with Gasteiger partial charge in [-0.15, -0.1) is 14.2 Å². The Labute approximate surface area is 706 Å². The molecule has 3 amide bonds. The molecule has 9 N–H and O–H groups in total. The minimum atomic E-state index is -1.48. The van der Waals surface area contributed by atoms with Crippen molar-refractivity contribution in [2.24, 2.45) is 0 Å². The molecule has 0 aliphatic carbocycles. The molecule has 25 rings (SSSR count). The number of nitrogens with one attached hydrogen (secondary N) is 6. The molecule has 0 spiro atoms. The fourth-order valence-electron chi connectivity index (χ4n) is 15.6. The molecule has 25 heterocycles. The van der Waals surface area contributed by atoms with Crippen molar-refractivity contribution in [3.8, 4) is 0 Å². The van der Waals surface area contributed by atoms with E-state index in [0.717, 1.165) is 18.6 Å². The van der Waals surface area contributed by atoms with Crippen molar-refractivity contribution in [1.29, 1.82) is 0 Å². The minimum absolute atomic E-state index is 0. The second-order valence-corrected chi connectivity index (χ2v) is 28.4. The predicted octanol–water partition coefficient (Wildman–Crippen LogP) is -4.99. The average Bonchev–Trinajstić information content (AvgIpc) is 0.765. The molecule has 49 heteroatoms. The summed E-state index contributed by atoms with van der Waals surface area (Å²) in [6.07, 6.45) is -35.4. The number of nitrogens with zero attached hydrogens (tertiary/aromatic N) is 6. The summed E-state index contributed by atoms with van der Waals surface area (Å²) in [6, 6.07) is 4.02. The van der Waals surface area contributed by atoms with Crippen LogP contribution in [0.3, 0.4) is 0 Å². The molecular weight excluding hydrogens is 1660 g/mol. The number of carbonyl (C=O) groups excluding carboxylic acids is 3. The quantitative estimate of drug-likeness (QED) is 0.0194. The normalized spacial score (nSPS) is 35.1. The van der Waals surface area contributed by atoms with Gasteiger partial charge in [0.05, 0.1) is 38.4 Å². The van der Waals surface area contributed by atoms with Crippen LogP contribution in [0.5, 0.6) is 0 Å². The van der Waals surface area contributed by atoms with Crippen LogP contribution in [0.15, 0.2) is 51.2 Å². The zero-order valence-electron chi connectivity index (χ0n) is 69.6. The largest absolute Gasteiger partial charge is 0.424 e. The number of amides is 3. The van der Waals surface area contributed by atoms with Gasteiger partial charge in [0.15, 0.2) is 37.7 Å². The third kappa shape index (κ3) is 23.9.